The van der Waals surface area contributed by atoms with Crippen LogP contribution in [0.25, 0.3) is 33.1 Å². The van der Waals surface area contributed by atoms with Crippen molar-refractivity contribution < 1.29 is 63.4 Å². The molecule has 0 bridgehead atoms. The van der Waals surface area contributed by atoms with Gasteiger partial charge in [0, 0.05) is 91.1 Å². The Balaban J connectivity index is 0.000000164. The maximum atomic E-state index is 13.4. The Labute approximate surface area is 730 Å². The Hall–Kier alpha value is -15.1. The summed E-state index contributed by atoms with van der Waals surface area (Å²) in [6.45, 7) is 15.5. The summed E-state index contributed by atoms with van der Waals surface area (Å²) in [5, 5.41) is 40.5. The van der Waals surface area contributed by atoms with Crippen molar-refractivity contribution in [2.75, 3.05) is 77.1 Å². The van der Waals surface area contributed by atoms with Gasteiger partial charge in [0.25, 0.3) is 34.4 Å². The lowest BCUT2D eigenvalue weighted by atomic mass is 10.0. The Kier molecular flexibility index (Phi) is 29.4. The molecule has 41 nitrogen and oxygen atoms in total. The van der Waals surface area contributed by atoms with Gasteiger partial charge in [0.15, 0.2) is 17.3 Å². The predicted octanol–water partition coefficient (Wildman–Crippen LogP) is 10.4. The highest BCUT2D eigenvalue weighted by molar-refractivity contribution is 6.02. The maximum Gasteiger partial charge on any atom is 0.277 e. The molecule has 0 aromatic carbocycles. The van der Waals surface area contributed by atoms with E-state index >= 15 is 0 Å². The summed E-state index contributed by atoms with van der Waals surface area (Å²) in [5.41, 5.74) is 8.08. The summed E-state index contributed by atoms with van der Waals surface area (Å²) in [5.74, 6) is 2.03. The summed E-state index contributed by atoms with van der Waals surface area (Å²) in [4.78, 5) is 184. The van der Waals surface area contributed by atoms with Crippen LogP contribution in [-0.4, -0.2) is 181 Å². The van der Waals surface area contributed by atoms with E-state index in [4.69, 9.17) is 34.8 Å². The molecule has 3 saturated carbocycles. The number of hydrogen-bond acceptors (Lipinski definition) is 34. The third-order valence-corrected chi connectivity index (χ3v) is 22.1. The van der Waals surface area contributed by atoms with Gasteiger partial charge in [-0.3, -0.25) is 82.2 Å². The minimum atomic E-state index is -0.769. The Morgan fingerprint density at radius 1 is 0.406 bits per heavy atom. The van der Waals surface area contributed by atoms with E-state index in [2.05, 4.69) is 81.1 Å². The number of carbonyl (C=O) groups excluding carboxylic acids is 7. The van der Waals surface area contributed by atoms with Gasteiger partial charge in [-0.25, -0.2) is 66.3 Å². The van der Waals surface area contributed by atoms with E-state index in [1.54, 1.807) is 131 Å². The van der Waals surface area contributed by atoms with Gasteiger partial charge in [0.1, 0.15) is 83.1 Å². The van der Waals surface area contributed by atoms with Crippen LogP contribution >= 0.6 is 0 Å². The predicted molar refractivity (Wildman–Crippen MR) is 470 cm³/mol. The molecule has 0 aliphatic heterocycles. The number of nitrogens with zero attached hydrogens (tertiary/aromatic N) is 18. The number of nitrogens with one attached hydrogen (secondary N) is 7. The number of hydrogen-bond donors (Lipinski definition) is 10. The summed E-state index contributed by atoms with van der Waals surface area (Å²) < 4.78 is 22.4. The van der Waals surface area contributed by atoms with Gasteiger partial charge in [-0.1, -0.05) is 38.5 Å². The van der Waals surface area contributed by atoms with E-state index in [0.717, 1.165) is 77.0 Å². The molecule has 0 unspecified atom stereocenters. The van der Waals surface area contributed by atoms with Crippen molar-refractivity contribution >= 4 is 127 Å². The van der Waals surface area contributed by atoms with Crippen LogP contribution in [0.4, 0.5) is 52.9 Å². The molecule has 12 aromatic heterocycles. The van der Waals surface area contributed by atoms with Crippen LogP contribution in [0.1, 0.15) is 209 Å². The average Bonchev–Trinajstić information content (AvgIpc) is 1.23. The fourth-order valence-electron chi connectivity index (χ4n) is 15.7. The molecule has 12 heterocycles. The van der Waals surface area contributed by atoms with Crippen LogP contribution in [0.5, 0.6) is 17.2 Å². The van der Waals surface area contributed by atoms with Crippen molar-refractivity contribution in [1.82, 2.24) is 94.9 Å². The van der Waals surface area contributed by atoms with Gasteiger partial charge >= 0.3 is 0 Å². The van der Waals surface area contributed by atoms with Crippen LogP contribution in [-0.2, 0) is 4.79 Å². The highest BCUT2D eigenvalue weighted by Gasteiger charge is 2.31. The van der Waals surface area contributed by atoms with E-state index in [1.807, 2.05) is 11.8 Å². The first kappa shape index (κ1) is 90.6. The number of rotatable bonds is 31. The standard InChI is InChI=1S/C30H34N8O5.C29H31N9O6.C28H30N8O5/c1-4-37(25-12-9-20(15-32-25)28(40)36-42)13-14-43-22-10-11-24(31-16-22)34-30-33-17-23-18(2)26(19(3)39)29(41)38(27(23)35-30)21-7-5-6-8-21;1-16-22-15-31-28(35-25(22)38(20-6-4-5-7-20)27(42)24(16)17(2)39)34-23-9-8-21(14-30-23)44-11-10-37(18(3)40)29-32-12-19(13-33-29)26(41)36-43;1-16-21-15-32-28(34-25(21)36(19-5-3-4-6-19)27(39)24(16)17(2)37)33-23-10-8-20(14-31-23)41-12-11-29-22-9-7-18(13-30-22)26(38)35-40/h9-12,15-17,21,42H,4-8,13-14H2,1-3H3,(H,36,40)(H,31,33,34,35);8-9,12-15,20,43H,4-7,10-11H2,1-3H3,(H,36,41)(H,30,31,34,35);7-10,13-15,19,40H,3-6,11-12H2,1-2H3,(H,29,30)(H,35,38)(H,31,32,33,34). The highest BCUT2D eigenvalue weighted by Crippen LogP contribution is 2.36. The summed E-state index contributed by atoms with van der Waals surface area (Å²) in [6, 6.07) is 16.8. The topological polar surface area (TPSA) is 532 Å². The van der Waals surface area contributed by atoms with Crippen molar-refractivity contribution in [3.8, 4) is 17.2 Å². The van der Waals surface area contributed by atoms with Gasteiger partial charge in [-0.2, -0.15) is 15.0 Å². The molecule has 10 N–H and O–H groups in total. The molecule has 0 atom stereocenters. The molecule has 0 saturated heterocycles. The van der Waals surface area contributed by atoms with E-state index in [-0.39, 0.29) is 116 Å². The van der Waals surface area contributed by atoms with Crippen molar-refractivity contribution in [3.63, 3.8) is 0 Å². The van der Waals surface area contributed by atoms with Gasteiger partial charge in [0.05, 0.1) is 71.6 Å². The van der Waals surface area contributed by atoms with Crippen LogP contribution in [0.3, 0.4) is 0 Å². The lowest BCUT2D eigenvalue weighted by Gasteiger charge is -2.22. The Morgan fingerprint density at radius 2 is 0.750 bits per heavy atom. The van der Waals surface area contributed by atoms with Gasteiger partial charge in [-0.15, -0.1) is 0 Å². The van der Waals surface area contributed by atoms with E-state index in [9.17, 15) is 47.9 Å². The van der Waals surface area contributed by atoms with Crippen molar-refractivity contribution in [1.29, 1.82) is 0 Å². The number of anilines is 9. The number of amides is 4. The molecule has 664 valence electrons. The third-order valence-electron chi connectivity index (χ3n) is 22.1. The lowest BCUT2D eigenvalue weighted by molar-refractivity contribution is -0.116. The second-order valence-corrected chi connectivity index (χ2v) is 30.5. The quantitative estimate of drug-likeness (QED) is 0.00835. The largest absolute Gasteiger partial charge is 0.490 e. The average molecular weight is 1750 g/mol. The fraction of sp³-hybridized carbons (Fsp3) is 0.345. The highest BCUT2D eigenvalue weighted by atomic mass is 16.5. The van der Waals surface area contributed by atoms with Gasteiger partial charge in [-0.05, 0) is 164 Å². The number of likely N-dealkylation sites (N-methyl/N-ethyl adjacent to an activating group) is 1. The first-order valence-electron chi connectivity index (χ1n) is 41.5. The van der Waals surface area contributed by atoms with Crippen LogP contribution in [0, 0.1) is 20.8 Å². The number of Topliss-reactive ketones (excluding diaryl/α,β-unsaturated/α-hetero) is 3. The molecule has 128 heavy (non-hydrogen) atoms. The Bertz CT molecular complexity index is 6290. The SMILES string of the molecule is CC(=O)c1c(C)c2cnc(Nc3ccc(OCCN(C(C)=O)c4ncc(C(=O)NO)cn4)cn3)nc2n(C2CCCC2)c1=O.CC(=O)c1c(C)c2cnc(Nc3ccc(OCCNc4ccc(C(=O)NO)cn4)cn3)nc2n(C2CCCC2)c1=O.CCN(CCOc1ccc(Nc2ncc3c(C)c(C(C)=O)c(=O)n(C4CCCC4)c3n2)nc1)c1ccc(C(=O)NO)cn1. The van der Waals surface area contributed by atoms with Crippen LogP contribution in [0.15, 0.2) is 137 Å². The monoisotopic (exact) mass is 1750 g/mol. The molecule has 0 spiro atoms. The molecular weight excluding hydrogens is 1650 g/mol. The lowest BCUT2D eigenvalue weighted by Crippen LogP contribution is -2.34. The number of hydroxylamine groups is 3. The second-order valence-electron chi connectivity index (χ2n) is 30.5. The number of fused-ring (bicyclic) bond motifs is 3. The number of aryl methyl sites for hydroxylation is 3. The first-order valence-corrected chi connectivity index (χ1v) is 41.5. The molecular formula is C87H95N25O16. The summed E-state index contributed by atoms with van der Waals surface area (Å²) in [6.07, 6.45) is 26.0. The van der Waals surface area contributed by atoms with Crippen molar-refractivity contribution in [3.05, 3.63) is 204 Å². The summed E-state index contributed by atoms with van der Waals surface area (Å²) >= 11 is 0. The number of ketones is 3. The van der Waals surface area contributed by atoms with Crippen LogP contribution in [0.2, 0.25) is 0 Å². The molecule has 12 aromatic rings. The maximum absolute atomic E-state index is 13.4. The smallest absolute Gasteiger partial charge is 0.277 e. The first-order chi connectivity index (χ1) is 61.8. The molecule has 4 amide bonds. The Morgan fingerprint density at radius 3 is 1.08 bits per heavy atom. The van der Waals surface area contributed by atoms with Gasteiger partial charge < -0.3 is 40.4 Å². The number of pyridine rings is 8. The van der Waals surface area contributed by atoms with E-state index in [0.29, 0.717) is 141 Å². The van der Waals surface area contributed by atoms with Gasteiger partial charge in [0.2, 0.25) is 29.7 Å². The fourth-order valence-corrected chi connectivity index (χ4v) is 15.7. The van der Waals surface area contributed by atoms with Crippen molar-refractivity contribution in [2.45, 2.75) is 151 Å². The number of carbonyl (C=O) groups is 7. The summed E-state index contributed by atoms with van der Waals surface area (Å²) in [7, 11) is 0. The molecule has 15 rings (SSSR count). The number of aromatic nitrogens is 16. The van der Waals surface area contributed by atoms with Crippen molar-refractivity contribution in [2.24, 2.45) is 0 Å². The zero-order valence-electron chi connectivity index (χ0n) is 71.4. The zero-order valence-corrected chi connectivity index (χ0v) is 71.4. The normalized spacial score (nSPS) is 13.2. The second kappa shape index (κ2) is 41.6. The van der Waals surface area contributed by atoms with Crippen LogP contribution < -0.4 is 78.4 Å². The molecule has 3 fully saturated rings. The molecule has 41 heteroatoms. The molecule has 3 aliphatic rings. The van der Waals surface area contributed by atoms with E-state index in [1.165, 1.54) is 75.1 Å². The number of ether oxygens (including phenoxy) is 3. The third kappa shape index (κ3) is 21.1. The minimum Gasteiger partial charge on any atom is -0.490 e. The molecule has 0 radical (unpaired) electrons. The minimum absolute atomic E-state index is 0.00148. The molecule has 3 aliphatic carbocycles. The van der Waals surface area contributed by atoms with E-state index < -0.39 is 17.7 Å². The zero-order chi connectivity index (χ0) is 90.8.